The van der Waals surface area contributed by atoms with Crippen LogP contribution < -0.4 is 16.0 Å². The van der Waals surface area contributed by atoms with Gasteiger partial charge in [-0.3, -0.25) is 9.59 Å². The largest absolute Gasteiger partial charge is 0.374 e. The molecule has 24 heavy (non-hydrogen) atoms. The number of hydrogen-bond donors (Lipinski definition) is 3. The number of hydrogen-bond acceptors (Lipinski definition) is 3. The first-order valence-electron chi connectivity index (χ1n) is 8.02. The molecule has 2 amide bonds. The fourth-order valence-electron chi connectivity index (χ4n) is 2.33. The van der Waals surface area contributed by atoms with E-state index in [0.29, 0.717) is 11.4 Å². The number of nitrogens with one attached hydrogen (secondary N) is 3. The van der Waals surface area contributed by atoms with Gasteiger partial charge in [-0.05, 0) is 49.2 Å². The van der Waals surface area contributed by atoms with E-state index < -0.39 is 0 Å². The first kappa shape index (κ1) is 17.5. The van der Waals surface area contributed by atoms with Crippen LogP contribution in [-0.2, 0) is 16.0 Å². The number of rotatable bonds is 6. The molecule has 3 N–H and O–H groups in total. The van der Waals surface area contributed by atoms with Gasteiger partial charge in [0.15, 0.2) is 0 Å². The predicted octanol–water partition coefficient (Wildman–Crippen LogP) is 3.65. The zero-order chi connectivity index (χ0) is 17.5. The molecule has 0 saturated heterocycles. The monoisotopic (exact) mass is 325 g/mol. The van der Waals surface area contributed by atoms with Crippen molar-refractivity contribution in [2.24, 2.45) is 0 Å². The number of carbonyl (C=O) groups is 2. The summed E-state index contributed by atoms with van der Waals surface area (Å²) in [6.07, 6.45) is 0.950. The molecule has 0 aliphatic carbocycles. The summed E-state index contributed by atoms with van der Waals surface area (Å²) in [5, 5.41) is 8.75. The van der Waals surface area contributed by atoms with Crippen LogP contribution in [0.1, 0.15) is 26.3 Å². The van der Waals surface area contributed by atoms with E-state index in [4.69, 9.17) is 0 Å². The third-order valence-corrected chi connectivity index (χ3v) is 3.56. The van der Waals surface area contributed by atoms with E-state index in [2.05, 4.69) is 28.9 Å². The molecule has 1 atom stereocenters. The average molecular weight is 325 g/mol. The van der Waals surface area contributed by atoms with E-state index in [1.165, 1.54) is 12.5 Å². The van der Waals surface area contributed by atoms with Crippen LogP contribution in [0.3, 0.4) is 0 Å². The van der Waals surface area contributed by atoms with Crippen molar-refractivity contribution in [3.05, 3.63) is 54.1 Å². The highest BCUT2D eigenvalue weighted by molar-refractivity contribution is 5.97. The third-order valence-electron chi connectivity index (χ3n) is 3.56. The maximum absolute atomic E-state index is 12.3. The molecule has 0 aliphatic rings. The maximum atomic E-state index is 12.3. The molecule has 5 nitrogen and oxygen atoms in total. The van der Waals surface area contributed by atoms with Crippen LogP contribution >= 0.6 is 0 Å². The van der Waals surface area contributed by atoms with E-state index >= 15 is 0 Å². The smallest absolute Gasteiger partial charge is 0.246 e. The van der Waals surface area contributed by atoms with Gasteiger partial charge in [0, 0.05) is 24.0 Å². The highest BCUT2D eigenvalue weighted by Crippen LogP contribution is 2.16. The summed E-state index contributed by atoms with van der Waals surface area (Å²) in [6, 6.07) is 14.7. The lowest BCUT2D eigenvalue weighted by atomic mass is 10.1. The Morgan fingerprint density at radius 3 is 2.25 bits per heavy atom. The molecule has 0 unspecified atom stereocenters. The van der Waals surface area contributed by atoms with Crippen LogP contribution in [0.4, 0.5) is 17.1 Å². The fraction of sp³-hybridized carbons (Fsp3) is 0.263. The zero-order valence-corrected chi connectivity index (χ0v) is 14.2. The molecule has 0 heterocycles. The number of benzene rings is 2. The molecule has 0 radical (unpaired) electrons. The first-order chi connectivity index (χ1) is 11.5. The van der Waals surface area contributed by atoms with Gasteiger partial charge in [0.1, 0.15) is 6.04 Å². The third kappa shape index (κ3) is 5.12. The van der Waals surface area contributed by atoms with Crippen LogP contribution in [0.25, 0.3) is 0 Å². The molecular formula is C19H23N3O2. The maximum Gasteiger partial charge on any atom is 0.246 e. The second-order valence-corrected chi connectivity index (χ2v) is 5.67. The topological polar surface area (TPSA) is 70.2 Å². The SMILES string of the molecule is CCc1cccc(N[C@H](C)C(=O)Nc2cccc(NC(C)=O)c2)c1. The van der Waals surface area contributed by atoms with Crippen LogP contribution in [0.15, 0.2) is 48.5 Å². The summed E-state index contributed by atoms with van der Waals surface area (Å²) in [6.45, 7) is 5.35. The average Bonchev–Trinajstić information content (AvgIpc) is 2.54. The van der Waals surface area contributed by atoms with Gasteiger partial charge >= 0.3 is 0 Å². The first-order valence-corrected chi connectivity index (χ1v) is 8.02. The predicted molar refractivity (Wildman–Crippen MR) is 98.3 cm³/mol. The van der Waals surface area contributed by atoms with E-state index in [-0.39, 0.29) is 17.9 Å². The molecule has 2 rings (SSSR count). The normalized spacial score (nSPS) is 11.5. The summed E-state index contributed by atoms with van der Waals surface area (Å²) in [5.74, 6) is -0.291. The molecule has 0 bridgehead atoms. The van der Waals surface area contributed by atoms with Gasteiger partial charge in [0.2, 0.25) is 11.8 Å². The molecule has 126 valence electrons. The molecule has 0 fully saturated rings. The van der Waals surface area contributed by atoms with Crippen LogP contribution in [0.2, 0.25) is 0 Å². The Balaban J connectivity index is 1.99. The van der Waals surface area contributed by atoms with Crippen molar-refractivity contribution in [1.82, 2.24) is 0 Å². The van der Waals surface area contributed by atoms with Crippen molar-refractivity contribution in [1.29, 1.82) is 0 Å². The van der Waals surface area contributed by atoms with Crippen LogP contribution in [0, 0.1) is 0 Å². The van der Waals surface area contributed by atoms with E-state index in [1.54, 1.807) is 24.3 Å². The van der Waals surface area contributed by atoms with E-state index in [9.17, 15) is 9.59 Å². The lowest BCUT2D eigenvalue weighted by Crippen LogP contribution is -2.31. The lowest BCUT2D eigenvalue weighted by Gasteiger charge is -2.16. The van der Waals surface area contributed by atoms with Gasteiger partial charge in [-0.1, -0.05) is 25.1 Å². The van der Waals surface area contributed by atoms with Crippen molar-refractivity contribution in [3.63, 3.8) is 0 Å². The minimum Gasteiger partial charge on any atom is -0.374 e. The van der Waals surface area contributed by atoms with Crippen molar-refractivity contribution in [3.8, 4) is 0 Å². The van der Waals surface area contributed by atoms with Crippen molar-refractivity contribution >= 4 is 28.9 Å². The van der Waals surface area contributed by atoms with Gasteiger partial charge in [-0.2, -0.15) is 0 Å². The van der Waals surface area contributed by atoms with Crippen LogP contribution in [-0.4, -0.2) is 17.9 Å². The summed E-state index contributed by atoms with van der Waals surface area (Å²) in [5.41, 5.74) is 3.43. The summed E-state index contributed by atoms with van der Waals surface area (Å²) in [7, 11) is 0. The molecule has 0 aliphatic heterocycles. The lowest BCUT2D eigenvalue weighted by molar-refractivity contribution is -0.116. The fourth-order valence-corrected chi connectivity index (χ4v) is 2.33. The van der Waals surface area contributed by atoms with Gasteiger partial charge in [0.05, 0.1) is 0 Å². The van der Waals surface area contributed by atoms with Crippen molar-refractivity contribution < 1.29 is 9.59 Å². The molecule has 0 aromatic heterocycles. The zero-order valence-electron chi connectivity index (χ0n) is 14.2. The Kier molecular flexibility index (Phi) is 5.95. The molecule has 0 saturated carbocycles. The molecule has 2 aromatic rings. The molecule has 0 spiro atoms. The number of anilines is 3. The van der Waals surface area contributed by atoms with Gasteiger partial charge in [0.25, 0.3) is 0 Å². The number of aryl methyl sites for hydroxylation is 1. The summed E-state index contributed by atoms with van der Waals surface area (Å²) < 4.78 is 0. The van der Waals surface area contributed by atoms with E-state index in [1.807, 2.05) is 25.1 Å². The van der Waals surface area contributed by atoms with Gasteiger partial charge in [-0.25, -0.2) is 0 Å². The number of amides is 2. The van der Waals surface area contributed by atoms with E-state index in [0.717, 1.165) is 12.1 Å². The minimum absolute atomic E-state index is 0.142. The number of carbonyl (C=O) groups excluding carboxylic acids is 2. The van der Waals surface area contributed by atoms with Gasteiger partial charge in [-0.15, -0.1) is 0 Å². The second kappa shape index (κ2) is 8.15. The van der Waals surface area contributed by atoms with Crippen LogP contribution in [0.5, 0.6) is 0 Å². The second-order valence-electron chi connectivity index (χ2n) is 5.67. The Morgan fingerprint density at radius 1 is 0.958 bits per heavy atom. The Morgan fingerprint density at radius 2 is 1.58 bits per heavy atom. The Hall–Kier alpha value is -2.82. The Labute approximate surface area is 142 Å². The highest BCUT2D eigenvalue weighted by Gasteiger charge is 2.13. The molecular weight excluding hydrogens is 302 g/mol. The summed E-state index contributed by atoms with van der Waals surface area (Å²) in [4.78, 5) is 23.4. The van der Waals surface area contributed by atoms with Crippen molar-refractivity contribution in [2.45, 2.75) is 33.2 Å². The van der Waals surface area contributed by atoms with Crippen molar-refractivity contribution in [2.75, 3.05) is 16.0 Å². The minimum atomic E-state index is -0.387. The standard InChI is InChI=1S/C19H23N3O2/c1-4-15-7-5-8-16(11-15)20-13(2)19(24)22-18-10-6-9-17(12-18)21-14(3)23/h5-13,20H,4H2,1-3H3,(H,21,23)(H,22,24)/t13-/m1/s1. The highest BCUT2D eigenvalue weighted by atomic mass is 16.2. The summed E-state index contributed by atoms with van der Waals surface area (Å²) >= 11 is 0. The molecule has 2 aromatic carbocycles. The quantitative estimate of drug-likeness (QED) is 0.759. The Bertz CT molecular complexity index is 728. The van der Waals surface area contributed by atoms with Gasteiger partial charge < -0.3 is 16.0 Å². The molecule has 5 heteroatoms.